The van der Waals surface area contributed by atoms with Crippen LogP contribution in [0.3, 0.4) is 0 Å². The fourth-order valence-electron chi connectivity index (χ4n) is 0.579. The van der Waals surface area contributed by atoms with Gasteiger partial charge in [0, 0.05) is 0 Å². The fourth-order valence-corrected chi connectivity index (χ4v) is 1.74. The number of nitrogens with one attached hydrogen (secondary N) is 1. The van der Waals surface area contributed by atoms with Crippen molar-refractivity contribution in [3.05, 3.63) is 0 Å². The minimum Gasteiger partial charge on any atom is -0.480 e. The van der Waals surface area contributed by atoms with Gasteiger partial charge >= 0.3 is 5.97 Å². The van der Waals surface area contributed by atoms with Crippen molar-refractivity contribution < 1.29 is 9.90 Å². The lowest BCUT2D eigenvalue weighted by Gasteiger charge is -2.17. The predicted molar refractivity (Wildman–Crippen MR) is 46.1 cm³/mol. The van der Waals surface area contributed by atoms with E-state index >= 15 is 0 Å². The zero-order valence-electron chi connectivity index (χ0n) is 6.59. The molecule has 0 bridgehead atoms. The highest BCUT2D eigenvalue weighted by atomic mass is 31.2. The Morgan fingerprint density at radius 3 is 2.20 bits per heavy atom. The molecule has 0 aromatic carbocycles. The number of hydrogen-bond donors (Lipinski definition) is 2. The fraction of sp³-hybridized carbons (Fsp3) is 0.667. The Morgan fingerprint density at radius 2 is 2.10 bits per heavy atom. The van der Waals surface area contributed by atoms with Crippen molar-refractivity contribution in [2.75, 3.05) is 13.3 Å². The Morgan fingerprint density at radius 1 is 1.70 bits per heavy atom. The molecule has 0 amide bonds. The molecule has 0 aliphatic rings. The SMILES string of the molecule is C=P(C)(C)N[C@@H](C)C(=O)O. The molecule has 60 valence electrons. The van der Waals surface area contributed by atoms with Crippen LogP contribution < -0.4 is 5.09 Å². The molecule has 0 unspecified atom stereocenters. The summed E-state index contributed by atoms with van der Waals surface area (Å²) in [5.74, 6) is -0.822. The standard InChI is InChI=1S/C6H14NO2P/c1-5(6(8)9)7-10(2,3)4/h5,7H,2H2,1,3-4H3,(H,8,9)/t5-/m0/s1. The molecule has 0 rings (SSSR count). The second kappa shape index (κ2) is 3.22. The third-order valence-electron chi connectivity index (χ3n) is 0.914. The van der Waals surface area contributed by atoms with Crippen molar-refractivity contribution in [2.24, 2.45) is 0 Å². The summed E-state index contributed by atoms with van der Waals surface area (Å²) in [4.78, 5) is 10.3. The van der Waals surface area contributed by atoms with Crippen molar-refractivity contribution in [1.29, 1.82) is 0 Å². The zero-order chi connectivity index (χ0) is 8.36. The van der Waals surface area contributed by atoms with E-state index in [1.165, 1.54) is 0 Å². The quantitative estimate of drug-likeness (QED) is 0.601. The second-order valence-corrected chi connectivity index (χ2v) is 6.50. The summed E-state index contributed by atoms with van der Waals surface area (Å²) in [6.07, 6.45) is 3.83. The van der Waals surface area contributed by atoms with E-state index in [0.29, 0.717) is 0 Å². The molecule has 0 fully saturated rings. The number of carboxylic acid groups (broad SMARTS) is 1. The van der Waals surface area contributed by atoms with Crippen LogP contribution in [0.25, 0.3) is 0 Å². The molecular formula is C6H14NO2P. The van der Waals surface area contributed by atoms with Crippen LogP contribution in [0.4, 0.5) is 0 Å². The molecule has 2 N–H and O–H groups in total. The zero-order valence-corrected chi connectivity index (χ0v) is 7.48. The molecule has 0 saturated heterocycles. The summed E-state index contributed by atoms with van der Waals surface area (Å²) in [6.45, 7) is 5.49. The first-order valence-corrected chi connectivity index (χ1v) is 5.89. The van der Waals surface area contributed by atoms with Gasteiger partial charge in [0.15, 0.2) is 0 Å². The molecule has 1 atom stereocenters. The Labute approximate surface area is 61.5 Å². The first-order valence-electron chi connectivity index (χ1n) is 3.02. The predicted octanol–water partition coefficient (Wildman–Crippen LogP) is 0.673. The Kier molecular flexibility index (Phi) is 3.13. The van der Waals surface area contributed by atoms with Crippen LogP contribution in [0, 0.1) is 0 Å². The molecule has 0 aliphatic carbocycles. The molecule has 0 aromatic rings. The number of carboxylic acids is 1. The highest BCUT2D eigenvalue weighted by molar-refractivity contribution is 7.70. The lowest BCUT2D eigenvalue weighted by molar-refractivity contribution is -0.138. The topological polar surface area (TPSA) is 49.3 Å². The Balaban J connectivity index is 3.93. The minimum atomic E-state index is -1.41. The van der Waals surface area contributed by atoms with Gasteiger partial charge in [-0.15, -0.1) is 0 Å². The van der Waals surface area contributed by atoms with Crippen LogP contribution in [0.1, 0.15) is 6.92 Å². The molecule has 0 spiro atoms. The van der Waals surface area contributed by atoms with Gasteiger partial charge < -0.3 is 5.11 Å². The summed E-state index contributed by atoms with van der Waals surface area (Å²) >= 11 is 0. The van der Waals surface area contributed by atoms with Gasteiger partial charge in [-0.1, -0.05) is 13.3 Å². The smallest absolute Gasteiger partial charge is 0.320 e. The van der Waals surface area contributed by atoms with Gasteiger partial charge in [0.2, 0.25) is 0 Å². The van der Waals surface area contributed by atoms with E-state index in [9.17, 15) is 4.79 Å². The van der Waals surface area contributed by atoms with Gasteiger partial charge in [-0.25, -0.2) is 0 Å². The first kappa shape index (κ1) is 9.73. The van der Waals surface area contributed by atoms with E-state index in [0.717, 1.165) is 0 Å². The van der Waals surface area contributed by atoms with Crippen molar-refractivity contribution in [1.82, 2.24) is 5.09 Å². The molecular weight excluding hydrogens is 149 g/mol. The summed E-state index contributed by atoms with van der Waals surface area (Å²) in [7, 11) is -1.41. The molecule has 0 radical (unpaired) electrons. The molecule has 10 heavy (non-hydrogen) atoms. The number of hydrogen-bond acceptors (Lipinski definition) is 2. The number of rotatable bonds is 3. The lowest BCUT2D eigenvalue weighted by Crippen LogP contribution is -2.30. The second-order valence-electron chi connectivity index (χ2n) is 2.87. The highest BCUT2D eigenvalue weighted by Crippen LogP contribution is 2.29. The molecule has 0 saturated carbocycles. The minimum absolute atomic E-state index is 0.485. The normalized spacial score (nSPS) is 14.7. The van der Waals surface area contributed by atoms with Crippen LogP contribution in [0.5, 0.6) is 0 Å². The molecule has 0 heterocycles. The average Bonchev–Trinajstić information content (AvgIpc) is 1.60. The van der Waals surface area contributed by atoms with Crippen molar-refractivity contribution >= 4 is 19.3 Å². The molecule has 0 aromatic heterocycles. The maximum atomic E-state index is 10.3. The maximum Gasteiger partial charge on any atom is 0.320 e. The van der Waals surface area contributed by atoms with E-state index < -0.39 is 19.0 Å². The Bertz CT molecular complexity index is 173. The van der Waals surface area contributed by atoms with Gasteiger partial charge in [-0.2, -0.15) is 0 Å². The summed E-state index contributed by atoms with van der Waals surface area (Å²) in [6, 6.07) is -0.485. The van der Waals surface area contributed by atoms with Crippen LogP contribution in [0.2, 0.25) is 0 Å². The van der Waals surface area contributed by atoms with Crippen molar-refractivity contribution in [3.8, 4) is 0 Å². The maximum absolute atomic E-state index is 10.3. The van der Waals surface area contributed by atoms with Crippen molar-refractivity contribution in [3.63, 3.8) is 0 Å². The van der Waals surface area contributed by atoms with E-state index in [-0.39, 0.29) is 0 Å². The first-order chi connectivity index (χ1) is 4.33. The van der Waals surface area contributed by atoms with E-state index in [4.69, 9.17) is 5.11 Å². The third kappa shape index (κ3) is 4.59. The van der Waals surface area contributed by atoms with E-state index in [1.807, 2.05) is 13.3 Å². The van der Waals surface area contributed by atoms with Crippen LogP contribution >= 0.6 is 7.04 Å². The van der Waals surface area contributed by atoms with Crippen LogP contribution in [-0.4, -0.2) is 36.7 Å². The van der Waals surface area contributed by atoms with Crippen molar-refractivity contribution in [2.45, 2.75) is 13.0 Å². The highest BCUT2D eigenvalue weighted by Gasteiger charge is 2.12. The Hall–Kier alpha value is -0.270. The molecule has 0 aliphatic heterocycles. The van der Waals surface area contributed by atoms with Gasteiger partial charge in [0.1, 0.15) is 6.04 Å². The van der Waals surface area contributed by atoms with Crippen LogP contribution in [-0.2, 0) is 4.79 Å². The molecule has 4 heteroatoms. The number of aliphatic carboxylic acids is 1. The van der Waals surface area contributed by atoms with Gasteiger partial charge in [-0.05, 0) is 20.3 Å². The van der Waals surface area contributed by atoms with Gasteiger partial charge in [0.05, 0.1) is 0 Å². The third-order valence-corrected chi connectivity index (χ3v) is 2.00. The number of carbonyl (C=O) groups is 1. The van der Waals surface area contributed by atoms with E-state index in [1.54, 1.807) is 6.92 Å². The lowest BCUT2D eigenvalue weighted by atomic mass is 10.4. The summed E-state index contributed by atoms with van der Waals surface area (Å²) in [5.41, 5.74) is 0. The van der Waals surface area contributed by atoms with E-state index in [2.05, 4.69) is 11.4 Å². The summed E-state index contributed by atoms with van der Waals surface area (Å²) in [5, 5.41) is 11.4. The van der Waals surface area contributed by atoms with Gasteiger partial charge in [0.25, 0.3) is 0 Å². The van der Waals surface area contributed by atoms with Crippen LogP contribution in [0.15, 0.2) is 0 Å². The molecule has 3 nitrogen and oxygen atoms in total. The average molecular weight is 163 g/mol. The largest absolute Gasteiger partial charge is 0.480 e. The summed E-state index contributed by atoms with van der Waals surface area (Å²) < 4.78 is 0. The van der Waals surface area contributed by atoms with Gasteiger partial charge in [-0.3, -0.25) is 9.88 Å². The monoisotopic (exact) mass is 163 g/mol.